The smallest absolute Gasteiger partial charge is 0.372 e. The molecule has 0 fully saturated rings. The van der Waals surface area contributed by atoms with Gasteiger partial charge in [0.2, 0.25) is 5.76 Å². The van der Waals surface area contributed by atoms with Gasteiger partial charge in [-0.15, -0.1) is 0 Å². The van der Waals surface area contributed by atoms with E-state index in [4.69, 9.17) is 10.2 Å². The maximum absolute atomic E-state index is 10.4. The molecule has 0 unspecified atom stereocenters. The molecule has 5 heteroatoms. The van der Waals surface area contributed by atoms with Gasteiger partial charge in [-0.2, -0.15) is 0 Å². The summed E-state index contributed by atoms with van der Waals surface area (Å²) in [6.07, 6.45) is 0. The minimum Gasteiger partial charge on any atom is -0.478 e. The van der Waals surface area contributed by atoms with E-state index in [0.29, 0.717) is 0 Å². The van der Waals surface area contributed by atoms with E-state index in [2.05, 4.69) is 4.42 Å². The van der Waals surface area contributed by atoms with Crippen molar-refractivity contribution < 1.29 is 24.2 Å². The van der Waals surface area contributed by atoms with Gasteiger partial charge in [0.05, 0.1) is 0 Å². The van der Waals surface area contributed by atoms with Crippen molar-refractivity contribution in [2.24, 2.45) is 0 Å². The van der Waals surface area contributed by atoms with Crippen LogP contribution in [0.4, 0.5) is 0 Å². The fourth-order valence-corrected chi connectivity index (χ4v) is 0.832. The Balaban J connectivity index is 3.26. The Bertz CT molecular complexity index is 304. The molecule has 0 aromatic carbocycles. The van der Waals surface area contributed by atoms with Crippen molar-refractivity contribution in [2.75, 3.05) is 0 Å². The number of rotatable bonds is 2. The minimum absolute atomic E-state index is 0.268. The lowest BCUT2D eigenvalue weighted by atomic mass is 10.2. The first kappa shape index (κ1) is 8.32. The normalized spacial score (nSPS) is 9.75. The van der Waals surface area contributed by atoms with Crippen LogP contribution in [-0.2, 0) is 0 Å². The van der Waals surface area contributed by atoms with Gasteiger partial charge in [0, 0.05) is 0 Å². The van der Waals surface area contributed by atoms with Crippen molar-refractivity contribution in [3.8, 4) is 0 Å². The second-order valence-corrected chi connectivity index (χ2v) is 2.21. The average molecular weight is 170 g/mol. The topological polar surface area (TPSA) is 87.7 Å². The molecule has 1 heterocycles. The zero-order chi connectivity index (χ0) is 9.30. The van der Waals surface area contributed by atoms with Crippen LogP contribution in [0.25, 0.3) is 0 Å². The summed E-state index contributed by atoms with van der Waals surface area (Å²) < 4.78 is 4.66. The van der Waals surface area contributed by atoms with E-state index in [1.54, 1.807) is 0 Å². The summed E-state index contributed by atoms with van der Waals surface area (Å²) in [6, 6.07) is 1.17. The molecule has 0 bridgehead atoms. The molecular formula is C7H6O5. The van der Waals surface area contributed by atoms with Crippen molar-refractivity contribution in [1.82, 2.24) is 0 Å². The zero-order valence-corrected chi connectivity index (χ0v) is 6.20. The molecule has 0 aliphatic carbocycles. The summed E-state index contributed by atoms with van der Waals surface area (Å²) in [7, 11) is 0. The molecule has 0 aliphatic heterocycles. The molecule has 0 saturated heterocycles. The van der Waals surface area contributed by atoms with Gasteiger partial charge in [0.15, 0.2) is 0 Å². The van der Waals surface area contributed by atoms with Crippen LogP contribution >= 0.6 is 0 Å². The Morgan fingerprint density at radius 2 is 1.92 bits per heavy atom. The van der Waals surface area contributed by atoms with Gasteiger partial charge in [-0.05, 0) is 13.0 Å². The third-order valence-electron chi connectivity index (χ3n) is 1.28. The van der Waals surface area contributed by atoms with E-state index in [1.807, 2.05) is 0 Å². The second kappa shape index (κ2) is 2.69. The summed E-state index contributed by atoms with van der Waals surface area (Å²) in [6.45, 7) is 1.48. The summed E-state index contributed by atoms with van der Waals surface area (Å²) in [4.78, 5) is 20.8. The number of carboxylic acids is 2. The Morgan fingerprint density at radius 1 is 1.33 bits per heavy atom. The van der Waals surface area contributed by atoms with Crippen LogP contribution in [0, 0.1) is 6.92 Å². The largest absolute Gasteiger partial charge is 0.478 e. The first-order chi connectivity index (χ1) is 5.52. The van der Waals surface area contributed by atoms with Gasteiger partial charge in [0.25, 0.3) is 0 Å². The van der Waals surface area contributed by atoms with Gasteiger partial charge in [-0.1, -0.05) is 0 Å². The average Bonchev–Trinajstić information content (AvgIpc) is 2.31. The van der Waals surface area contributed by atoms with Crippen molar-refractivity contribution in [1.29, 1.82) is 0 Å². The molecule has 1 aromatic heterocycles. The van der Waals surface area contributed by atoms with E-state index in [0.717, 1.165) is 0 Å². The second-order valence-electron chi connectivity index (χ2n) is 2.21. The molecule has 0 saturated carbocycles. The predicted octanol–water partition coefficient (Wildman–Crippen LogP) is 0.984. The lowest BCUT2D eigenvalue weighted by Gasteiger charge is -1.88. The van der Waals surface area contributed by atoms with E-state index in [9.17, 15) is 9.59 Å². The molecule has 0 spiro atoms. The van der Waals surface area contributed by atoms with Crippen molar-refractivity contribution in [3.63, 3.8) is 0 Å². The number of carbonyl (C=O) groups is 2. The summed E-state index contributed by atoms with van der Waals surface area (Å²) in [5.41, 5.74) is -0.319. The fraction of sp³-hybridized carbons (Fsp3) is 0.143. The predicted molar refractivity (Wildman–Crippen MR) is 37.4 cm³/mol. The van der Waals surface area contributed by atoms with Gasteiger partial charge < -0.3 is 14.6 Å². The highest BCUT2D eigenvalue weighted by atomic mass is 16.4. The maximum atomic E-state index is 10.4. The Labute approximate surface area is 67.2 Å². The SMILES string of the molecule is Cc1cc(C(=O)O)c(C(=O)O)o1. The molecule has 0 amide bonds. The first-order valence-corrected chi connectivity index (χ1v) is 3.09. The Morgan fingerprint density at radius 3 is 2.25 bits per heavy atom. The third kappa shape index (κ3) is 1.29. The molecular weight excluding hydrogens is 164 g/mol. The van der Waals surface area contributed by atoms with Gasteiger partial charge in [-0.3, -0.25) is 0 Å². The van der Waals surface area contributed by atoms with Gasteiger partial charge in [-0.25, -0.2) is 9.59 Å². The van der Waals surface area contributed by atoms with Gasteiger partial charge in [0.1, 0.15) is 11.3 Å². The summed E-state index contributed by atoms with van der Waals surface area (Å²) >= 11 is 0. The molecule has 2 N–H and O–H groups in total. The minimum atomic E-state index is -1.37. The van der Waals surface area contributed by atoms with Crippen LogP contribution in [0.3, 0.4) is 0 Å². The van der Waals surface area contributed by atoms with Crippen LogP contribution in [0.2, 0.25) is 0 Å². The Kier molecular flexibility index (Phi) is 1.86. The molecule has 64 valence electrons. The molecule has 0 atom stereocenters. The van der Waals surface area contributed by atoms with Crippen LogP contribution in [0.1, 0.15) is 26.7 Å². The van der Waals surface area contributed by atoms with Crippen molar-refractivity contribution >= 4 is 11.9 Å². The van der Waals surface area contributed by atoms with E-state index < -0.39 is 17.7 Å². The number of aromatic carboxylic acids is 2. The van der Waals surface area contributed by atoms with Crippen LogP contribution in [0.5, 0.6) is 0 Å². The van der Waals surface area contributed by atoms with E-state index in [1.165, 1.54) is 13.0 Å². The molecule has 1 rings (SSSR count). The first-order valence-electron chi connectivity index (χ1n) is 3.09. The fourth-order valence-electron chi connectivity index (χ4n) is 0.832. The highest BCUT2D eigenvalue weighted by molar-refractivity contribution is 5.99. The Hall–Kier alpha value is -1.78. The van der Waals surface area contributed by atoms with E-state index in [-0.39, 0.29) is 11.3 Å². The summed E-state index contributed by atoms with van der Waals surface area (Å²) in [5.74, 6) is -2.94. The number of hydrogen-bond donors (Lipinski definition) is 2. The monoisotopic (exact) mass is 170 g/mol. The van der Waals surface area contributed by atoms with E-state index >= 15 is 0 Å². The van der Waals surface area contributed by atoms with Gasteiger partial charge >= 0.3 is 11.9 Å². The van der Waals surface area contributed by atoms with Crippen LogP contribution < -0.4 is 0 Å². The highest BCUT2D eigenvalue weighted by Crippen LogP contribution is 2.14. The number of hydrogen-bond acceptors (Lipinski definition) is 3. The van der Waals surface area contributed by atoms with Crippen LogP contribution in [0.15, 0.2) is 10.5 Å². The lowest BCUT2D eigenvalue weighted by molar-refractivity contribution is 0.0625. The summed E-state index contributed by atoms with van der Waals surface area (Å²) in [5, 5.41) is 17.0. The lowest BCUT2D eigenvalue weighted by Crippen LogP contribution is -2.03. The van der Waals surface area contributed by atoms with Crippen LogP contribution in [-0.4, -0.2) is 22.2 Å². The number of furan rings is 1. The molecule has 12 heavy (non-hydrogen) atoms. The molecule has 1 aromatic rings. The zero-order valence-electron chi connectivity index (χ0n) is 6.20. The van der Waals surface area contributed by atoms with Crippen molar-refractivity contribution in [2.45, 2.75) is 6.92 Å². The molecule has 0 radical (unpaired) electrons. The number of carboxylic acid groups (broad SMARTS) is 2. The van der Waals surface area contributed by atoms with Crippen molar-refractivity contribution in [3.05, 3.63) is 23.2 Å². The highest BCUT2D eigenvalue weighted by Gasteiger charge is 2.20. The third-order valence-corrected chi connectivity index (χ3v) is 1.28. The molecule has 0 aliphatic rings. The quantitative estimate of drug-likeness (QED) is 0.690. The maximum Gasteiger partial charge on any atom is 0.372 e. The molecule has 5 nitrogen and oxygen atoms in total. The standard InChI is InChI=1S/C7H6O5/c1-3-2-4(6(8)9)5(12-3)7(10)11/h2H,1H3,(H,8,9)(H,10,11). The number of aryl methyl sites for hydroxylation is 1.